The number of nitrogens with one attached hydrogen (secondary N) is 2. The van der Waals surface area contributed by atoms with Gasteiger partial charge in [0.1, 0.15) is 0 Å². The highest BCUT2D eigenvalue weighted by Gasteiger charge is 2.46. The van der Waals surface area contributed by atoms with Crippen LogP contribution in [0.25, 0.3) is 0 Å². The number of halogens is 4. The van der Waals surface area contributed by atoms with E-state index in [9.17, 15) is 22.4 Å². The number of carbonyl (C=O) groups excluding carboxylic acids is 1. The zero-order chi connectivity index (χ0) is 20.7. The molecule has 0 spiro atoms. The Morgan fingerprint density at radius 3 is 2.54 bits per heavy atom. The van der Waals surface area contributed by atoms with Gasteiger partial charge < -0.3 is 5.32 Å². The normalized spacial score (nSPS) is 12.3. The van der Waals surface area contributed by atoms with E-state index in [0.717, 1.165) is 5.56 Å². The van der Waals surface area contributed by atoms with Crippen molar-refractivity contribution in [3.8, 4) is 6.07 Å². The van der Waals surface area contributed by atoms with Gasteiger partial charge in [0.2, 0.25) is 24.1 Å². The zero-order valence-electron chi connectivity index (χ0n) is 14.7. The number of rotatable bonds is 9. The van der Waals surface area contributed by atoms with Crippen LogP contribution < -0.4 is 10.6 Å². The fraction of sp³-hybridized carbons (Fsp3) is 0.353. The molecule has 0 bridgehead atoms. The van der Waals surface area contributed by atoms with Crippen molar-refractivity contribution in [3.05, 3.63) is 41.2 Å². The number of anilines is 2. The van der Waals surface area contributed by atoms with Crippen LogP contribution in [-0.4, -0.2) is 33.8 Å². The summed E-state index contributed by atoms with van der Waals surface area (Å²) in [5.41, 5.74) is 1.33. The average molecular weight is 396 g/mol. The first-order chi connectivity index (χ1) is 13.3. The first-order valence-electron chi connectivity index (χ1n) is 8.15. The Hall–Kier alpha value is -3.29. The maximum absolute atomic E-state index is 13.6. The molecule has 1 heterocycles. The van der Waals surface area contributed by atoms with Crippen LogP contribution in [0.5, 0.6) is 0 Å². The van der Waals surface area contributed by atoms with Crippen molar-refractivity contribution in [2.45, 2.75) is 38.2 Å². The predicted molar refractivity (Wildman–Crippen MR) is 92.0 cm³/mol. The van der Waals surface area contributed by atoms with Gasteiger partial charge in [-0.1, -0.05) is 18.2 Å². The smallest absolute Gasteiger partial charge is 0.352 e. The Morgan fingerprint density at radius 1 is 1.21 bits per heavy atom. The van der Waals surface area contributed by atoms with E-state index >= 15 is 0 Å². The second kappa shape index (κ2) is 9.07. The number of aryl methyl sites for hydroxylation is 1. The first kappa shape index (κ1) is 21.0. The molecule has 0 aliphatic heterocycles. The molecule has 1 unspecified atom stereocenters. The number of amides is 1. The molecule has 2 N–H and O–H groups in total. The highest BCUT2D eigenvalue weighted by Crippen LogP contribution is 2.32. The van der Waals surface area contributed by atoms with Gasteiger partial charge in [-0.05, 0) is 31.4 Å². The lowest BCUT2D eigenvalue weighted by Crippen LogP contribution is -2.28. The number of benzene rings is 1. The van der Waals surface area contributed by atoms with E-state index in [2.05, 4.69) is 26.3 Å². The lowest BCUT2D eigenvalue weighted by atomic mass is 10.0. The minimum Gasteiger partial charge on any atom is -0.352 e. The van der Waals surface area contributed by atoms with Gasteiger partial charge in [0.25, 0.3) is 0 Å². The van der Waals surface area contributed by atoms with E-state index < -0.39 is 24.1 Å². The Balaban J connectivity index is 2.16. The molecule has 2 rings (SSSR count). The molecular formula is C17H16F4N6O. The molecule has 0 radical (unpaired) electrons. The minimum atomic E-state index is -4.60. The van der Waals surface area contributed by atoms with Crippen LogP contribution in [0.1, 0.15) is 30.3 Å². The van der Waals surface area contributed by atoms with Gasteiger partial charge in [0.05, 0.1) is 11.6 Å². The quantitative estimate of drug-likeness (QED) is 0.499. The molecule has 0 saturated carbocycles. The van der Waals surface area contributed by atoms with Crippen molar-refractivity contribution in [3.63, 3.8) is 0 Å². The molecule has 0 aliphatic carbocycles. The Morgan fingerprint density at radius 2 is 1.89 bits per heavy atom. The number of nitriles is 1. The van der Waals surface area contributed by atoms with E-state index in [1.165, 1.54) is 0 Å². The van der Waals surface area contributed by atoms with Crippen LogP contribution in [0.15, 0.2) is 24.3 Å². The van der Waals surface area contributed by atoms with E-state index in [1.54, 1.807) is 31.2 Å². The van der Waals surface area contributed by atoms with E-state index in [4.69, 9.17) is 5.26 Å². The number of carbonyl (C=O) groups is 1. The summed E-state index contributed by atoms with van der Waals surface area (Å²) in [4.78, 5) is 20.8. The molecule has 2 aromatic rings. The number of nitrogens with zero attached hydrogens (tertiary/aromatic N) is 4. The van der Waals surface area contributed by atoms with Gasteiger partial charge in [-0.15, -0.1) is 0 Å². The molecule has 1 aromatic carbocycles. The topological polar surface area (TPSA) is 104 Å². The van der Waals surface area contributed by atoms with Crippen molar-refractivity contribution < 1.29 is 22.4 Å². The predicted octanol–water partition coefficient (Wildman–Crippen LogP) is 3.10. The molecule has 0 saturated heterocycles. The van der Waals surface area contributed by atoms with Crippen molar-refractivity contribution in [2.24, 2.45) is 0 Å². The summed E-state index contributed by atoms with van der Waals surface area (Å²) in [5.74, 6) is -7.01. The standard InChI is InChI=1S/C17H16F4N6O/c1-10(6-7-11-4-2-3-5-12(11)8-22)24-16-26-14(17(20,21)13(18)19)25-15(27-16)23-9-28/h2-5,9-10,13H,6-7H2,1H3,(H2,23,24,25,26,27,28). The number of hydrogen-bond acceptors (Lipinski definition) is 6. The van der Waals surface area contributed by atoms with Crippen LogP contribution in [0.4, 0.5) is 29.5 Å². The molecule has 0 fully saturated rings. The van der Waals surface area contributed by atoms with Crippen molar-refractivity contribution in [1.29, 1.82) is 5.26 Å². The molecule has 7 nitrogen and oxygen atoms in total. The summed E-state index contributed by atoms with van der Waals surface area (Å²) in [7, 11) is 0. The highest BCUT2D eigenvalue weighted by molar-refractivity contribution is 5.67. The Kier molecular flexibility index (Phi) is 6.81. The van der Waals surface area contributed by atoms with E-state index in [0.29, 0.717) is 18.4 Å². The monoisotopic (exact) mass is 396 g/mol. The van der Waals surface area contributed by atoms with Crippen molar-refractivity contribution in [2.75, 3.05) is 10.6 Å². The molecule has 148 valence electrons. The highest BCUT2D eigenvalue weighted by atomic mass is 19.3. The maximum atomic E-state index is 13.6. The van der Waals surface area contributed by atoms with Crippen molar-refractivity contribution >= 4 is 18.3 Å². The Labute approximate surface area is 157 Å². The van der Waals surface area contributed by atoms with Gasteiger partial charge in [0.15, 0.2) is 0 Å². The van der Waals surface area contributed by atoms with Crippen LogP contribution in [0.2, 0.25) is 0 Å². The molecule has 11 heteroatoms. The summed E-state index contributed by atoms with van der Waals surface area (Å²) < 4.78 is 52.4. The lowest BCUT2D eigenvalue weighted by Gasteiger charge is -2.18. The lowest BCUT2D eigenvalue weighted by molar-refractivity contribution is -0.140. The first-order valence-corrected chi connectivity index (χ1v) is 8.15. The van der Waals surface area contributed by atoms with Gasteiger partial charge in [0, 0.05) is 6.04 Å². The fourth-order valence-electron chi connectivity index (χ4n) is 2.32. The zero-order valence-corrected chi connectivity index (χ0v) is 14.7. The third-order valence-corrected chi connectivity index (χ3v) is 3.76. The van der Waals surface area contributed by atoms with E-state index in [-0.39, 0.29) is 18.4 Å². The molecular weight excluding hydrogens is 380 g/mol. The molecule has 0 aliphatic rings. The van der Waals surface area contributed by atoms with Gasteiger partial charge >= 0.3 is 12.3 Å². The fourth-order valence-corrected chi connectivity index (χ4v) is 2.32. The molecule has 1 amide bonds. The van der Waals surface area contributed by atoms with Crippen LogP contribution in [0.3, 0.4) is 0 Å². The summed E-state index contributed by atoms with van der Waals surface area (Å²) in [6.07, 6.45) is -2.91. The molecule has 1 atom stereocenters. The Bertz CT molecular complexity index is 871. The summed E-state index contributed by atoms with van der Waals surface area (Å²) in [6, 6.07) is 8.72. The van der Waals surface area contributed by atoms with Gasteiger partial charge in [-0.2, -0.15) is 29.0 Å². The number of alkyl halides is 4. The minimum absolute atomic E-state index is 0.131. The second-order valence-corrected chi connectivity index (χ2v) is 5.85. The van der Waals surface area contributed by atoms with Crippen molar-refractivity contribution in [1.82, 2.24) is 15.0 Å². The average Bonchev–Trinajstić information content (AvgIpc) is 2.66. The second-order valence-electron chi connectivity index (χ2n) is 5.85. The maximum Gasteiger partial charge on any atom is 0.365 e. The van der Waals surface area contributed by atoms with Gasteiger partial charge in [-0.25, -0.2) is 8.78 Å². The summed E-state index contributed by atoms with van der Waals surface area (Å²) in [5, 5.41) is 13.8. The molecule has 28 heavy (non-hydrogen) atoms. The van der Waals surface area contributed by atoms with Crippen LogP contribution in [0, 0.1) is 11.3 Å². The number of hydrogen-bond donors (Lipinski definition) is 2. The third kappa shape index (κ3) is 5.12. The SMILES string of the molecule is CC(CCc1ccccc1C#N)Nc1nc(NC=O)nc(C(F)(F)C(F)F)n1. The summed E-state index contributed by atoms with van der Waals surface area (Å²) in [6.45, 7) is 1.70. The largest absolute Gasteiger partial charge is 0.365 e. The number of aromatic nitrogens is 3. The molecule has 1 aromatic heterocycles. The van der Waals surface area contributed by atoms with Crippen LogP contribution >= 0.6 is 0 Å². The van der Waals surface area contributed by atoms with Gasteiger partial charge in [-0.3, -0.25) is 10.1 Å². The van der Waals surface area contributed by atoms with Crippen LogP contribution in [-0.2, 0) is 17.1 Å². The summed E-state index contributed by atoms with van der Waals surface area (Å²) >= 11 is 0. The third-order valence-electron chi connectivity index (χ3n) is 3.76. The van der Waals surface area contributed by atoms with E-state index in [1.807, 2.05) is 5.32 Å².